The van der Waals surface area contributed by atoms with Crippen molar-refractivity contribution in [2.24, 2.45) is 0 Å². The first-order valence-corrected chi connectivity index (χ1v) is 5.16. The summed E-state index contributed by atoms with van der Waals surface area (Å²) in [6.45, 7) is 0. The molecule has 0 aliphatic heterocycles. The van der Waals surface area contributed by atoms with Gasteiger partial charge in [0.25, 0.3) is 5.69 Å². The monoisotopic (exact) mass is 254 g/mol. The van der Waals surface area contributed by atoms with Crippen LogP contribution < -0.4 is 5.32 Å². The van der Waals surface area contributed by atoms with Crippen molar-refractivity contribution in [3.05, 3.63) is 34.4 Å². The summed E-state index contributed by atoms with van der Waals surface area (Å²) in [7, 11) is 0. The van der Waals surface area contributed by atoms with Gasteiger partial charge in [-0.3, -0.25) is 14.9 Å². The molecule has 0 saturated carbocycles. The molecule has 1 aromatic rings. The number of hydrogen-bond acceptors (Lipinski definition) is 4. The quantitative estimate of drug-likeness (QED) is 0.475. The number of carbonyl (C=O) groups is 1. The van der Waals surface area contributed by atoms with E-state index in [1.54, 1.807) is 0 Å². The van der Waals surface area contributed by atoms with Gasteiger partial charge in [-0.2, -0.15) is 0 Å². The van der Waals surface area contributed by atoms with Crippen molar-refractivity contribution >= 4 is 34.6 Å². The van der Waals surface area contributed by atoms with Crippen molar-refractivity contribution in [1.29, 1.82) is 0 Å². The molecule has 0 spiro atoms. The van der Waals surface area contributed by atoms with Gasteiger partial charge in [0.1, 0.15) is 0 Å². The highest BCUT2D eigenvalue weighted by atomic mass is 32.1. The maximum atomic E-state index is 10.4. The molecule has 0 aromatic heterocycles. The summed E-state index contributed by atoms with van der Waals surface area (Å²) in [6.07, 6.45) is 0.195. The number of non-ortho nitro benzene ring substituents is 1. The zero-order valence-corrected chi connectivity index (χ0v) is 9.57. The smallest absolute Gasteiger partial charge is 0.303 e. The Morgan fingerprint density at radius 3 is 2.41 bits per heavy atom. The Hall–Kier alpha value is -2.02. The highest BCUT2D eigenvalue weighted by Crippen LogP contribution is 2.15. The summed E-state index contributed by atoms with van der Waals surface area (Å²) >= 11 is 4.93. The molecule has 0 atom stereocenters. The lowest BCUT2D eigenvalue weighted by Gasteiger charge is -2.06. The van der Waals surface area contributed by atoms with E-state index in [-0.39, 0.29) is 18.5 Å². The van der Waals surface area contributed by atoms with E-state index >= 15 is 0 Å². The number of rotatable bonds is 5. The first-order valence-electron chi connectivity index (χ1n) is 4.75. The molecule has 1 aromatic carbocycles. The number of nitrogens with one attached hydrogen (secondary N) is 1. The van der Waals surface area contributed by atoms with Crippen molar-refractivity contribution in [2.45, 2.75) is 12.8 Å². The lowest BCUT2D eigenvalue weighted by Crippen LogP contribution is -2.10. The fourth-order valence-corrected chi connectivity index (χ4v) is 1.33. The van der Waals surface area contributed by atoms with Crippen molar-refractivity contribution in [1.82, 2.24) is 0 Å². The molecule has 2 N–H and O–H groups in total. The molecule has 0 unspecified atom stereocenters. The van der Waals surface area contributed by atoms with E-state index in [9.17, 15) is 14.9 Å². The van der Waals surface area contributed by atoms with Crippen LogP contribution in [0.25, 0.3) is 0 Å². The molecule has 0 saturated heterocycles. The van der Waals surface area contributed by atoms with Crippen LogP contribution in [0.5, 0.6) is 0 Å². The molecule has 0 amide bonds. The van der Waals surface area contributed by atoms with Crippen LogP contribution in [0.4, 0.5) is 11.4 Å². The SMILES string of the molecule is O=C(O)CCC(=S)Nc1ccc([N+](=O)[O-])cc1. The van der Waals surface area contributed by atoms with Gasteiger partial charge in [0.15, 0.2) is 0 Å². The Morgan fingerprint density at radius 1 is 1.35 bits per heavy atom. The topological polar surface area (TPSA) is 92.5 Å². The van der Waals surface area contributed by atoms with Gasteiger partial charge >= 0.3 is 5.97 Å². The summed E-state index contributed by atoms with van der Waals surface area (Å²) in [6, 6.07) is 5.74. The zero-order valence-electron chi connectivity index (χ0n) is 8.75. The van der Waals surface area contributed by atoms with Crippen molar-refractivity contribution in [2.75, 3.05) is 5.32 Å². The maximum Gasteiger partial charge on any atom is 0.303 e. The molecule has 6 nitrogen and oxygen atoms in total. The van der Waals surface area contributed by atoms with Crippen LogP contribution in [-0.2, 0) is 4.79 Å². The van der Waals surface area contributed by atoms with E-state index in [0.717, 1.165) is 0 Å². The number of carboxylic acid groups (broad SMARTS) is 1. The van der Waals surface area contributed by atoms with Crippen LogP contribution >= 0.6 is 12.2 Å². The van der Waals surface area contributed by atoms with Gasteiger partial charge in [0, 0.05) is 24.2 Å². The third-order valence-corrected chi connectivity index (χ3v) is 2.23. The van der Waals surface area contributed by atoms with E-state index in [1.165, 1.54) is 24.3 Å². The first kappa shape index (κ1) is 13.0. The van der Waals surface area contributed by atoms with E-state index in [1.807, 2.05) is 0 Å². The molecule has 7 heteroatoms. The van der Waals surface area contributed by atoms with Crippen LogP contribution in [0.15, 0.2) is 24.3 Å². The maximum absolute atomic E-state index is 10.4. The van der Waals surface area contributed by atoms with Crippen LogP contribution in [-0.4, -0.2) is 21.0 Å². The summed E-state index contributed by atoms with van der Waals surface area (Å²) < 4.78 is 0. The number of benzene rings is 1. The summed E-state index contributed by atoms with van der Waals surface area (Å²) in [4.78, 5) is 20.6. The summed E-state index contributed by atoms with van der Waals surface area (Å²) in [5.41, 5.74) is 0.595. The Kier molecular flexibility index (Phi) is 4.53. The van der Waals surface area contributed by atoms with Gasteiger partial charge in [0.2, 0.25) is 0 Å². The molecule has 1 rings (SSSR count). The van der Waals surface area contributed by atoms with E-state index in [4.69, 9.17) is 17.3 Å². The van der Waals surface area contributed by atoms with Crippen LogP contribution in [0.1, 0.15) is 12.8 Å². The predicted octanol–water partition coefficient (Wildman–Crippen LogP) is 2.20. The molecule has 17 heavy (non-hydrogen) atoms. The third-order valence-electron chi connectivity index (χ3n) is 1.93. The second-order valence-corrected chi connectivity index (χ2v) is 3.74. The van der Waals surface area contributed by atoms with Crippen LogP contribution in [0.2, 0.25) is 0 Å². The van der Waals surface area contributed by atoms with Gasteiger partial charge in [-0.05, 0) is 12.1 Å². The van der Waals surface area contributed by atoms with Crippen molar-refractivity contribution in [3.63, 3.8) is 0 Å². The number of nitrogens with zero attached hydrogens (tertiary/aromatic N) is 1. The van der Waals surface area contributed by atoms with Crippen molar-refractivity contribution < 1.29 is 14.8 Å². The number of hydrogen-bond donors (Lipinski definition) is 2. The fraction of sp³-hybridized carbons (Fsp3) is 0.200. The lowest BCUT2D eigenvalue weighted by molar-refractivity contribution is -0.384. The zero-order chi connectivity index (χ0) is 12.8. The predicted molar refractivity (Wildman–Crippen MR) is 66.2 cm³/mol. The number of carboxylic acids is 1. The number of anilines is 1. The molecular weight excluding hydrogens is 244 g/mol. The van der Waals surface area contributed by atoms with Gasteiger partial charge in [-0.25, -0.2) is 0 Å². The van der Waals surface area contributed by atoms with E-state index in [2.05, 4.69) is 5.32 Å². The van der Waals surface area contributed by atoms with Gasteiger partial charge in [-0.1, -0.05) is 12.2 Å². The molecule has 0 bridgehead atoms. The minimum Gasteiger partial charge on any atom is -0.481 e. The van der Waals surface area contributed by atoms with E-state index in [0.29, 0.717) is 10.7 Å². The average Bonchev–Trinajstić information content (AvgIpc) is 2.27. The normalized spacial score (nSPS) is 9.65. The number of aliphatic carboxylic acids is 1. The molecular formula is C10H10N2O4S. The van der Waals surface area contributed by atoms with Crippen LogP contribution in [0.3, 0.4) is 0 Å². The summed E-state index contributed by atoms with van der Waals surface area (Å²) in [5.74, 6) is -0.919. The number of nitro groups is 1. The molecule has 90 valence electrons. The molecule has 0 fully saturated rings. The van der Waals surface area contributed by atoms with Crippen LogP contribution in [0, 0.1) is 10.1 Å². The Balaban J connectivity index is 2.54. The molecule has 0 heterocycles. The Bertz CT molecular complexity index is 444. The molecule has 0 aliphatic rings. The minimum absolute atomic E-state index is 0.00740. The Labute approximate surface area is 102 Å². The molecule has 0 aliphatic carbocycles. The number of nitro benzene ring substituents is 1. The highest BCUT2D eigenvalue weighted by Gasteiger charge is 2.05. The van der Waals surface area contributed by atoms with Gasteiger partial charge < -0.3 is 10.4 Å². The van der Waals surface area contributed by atoms with Gasteiger partial charge in [-0.15, -0.1) is 0 Å². The average molecular weight is 254 g/mol. The second kappa shape index (κ2) is 5.90. The lowest BCUT2D eigenvalue weighted by atomic mass is 10.2. The van der Waals surface area contributed by atoms with Gasteiger partial charge in [0.05, 0.1) is 16.3 Å². The standard InChI is InChI=1S/C10H10N2O4S/c13-10(14)6-5-9(17)11-7-1-3-8(4-2-7)12(15)16/h1-4H,5-6H2,(H,11,17)(H,13,14). The molecule has 0 radical (unpaired) electrons. The highest BCUT2D eigenvalue weighted by molar-refractivity contribution is 7.80. The minimum atomic E-state index is -0.919. The largest absolute Gasteiger partial charge is 0.481 e. The van der Waals surface area contributed by atoms with E-state index < -0.39 is 10.9 Å². The first-order chi connectivity index (χ1) is 7.99. The Morgan fingerprint density at radius 2 is 1.94 bits per heavy atom. The number of thiocarbonyl (C=S) groups is 1. The van der Waals surface area contributed by atoms with Crippen molar-refractivity contribution in [3.8, 4) is 0 Å². The second-order valence-electron chi connectivity index (χ2n) is 3.25. The third kappa shape index (κ3) is 4.56. The summed E-state index contributed by atoms with van der Waals surface area (Å²) in [5, 5.41) is 21.7. The fourth-order valence-electron chi connectivity index (χ4n) is 1.11.